The van der Waals surface area contributed by atoms with Crippen molar-refractivity contribution in [2.75, 3.05) is 0 Å². The minimum absolute atomic E-state index is 0.208. The molecule has 2 rings (SSSR count). The molecule has 0 heterocycles. The highest BCUT2D eigenvalue weighted by Crippen LogP contribution is 2.31. The maximum atomic E-state index is 12.4. The molecule has 0 saturated heterocycles. The molecule has 2 aromatic rings. The van der Waals surface area contributed by atoms with Crippen LogP contribution in [0, 0.1) is 0 Å². The number of rotatable bonds is 2. The average molecular weight is 350 g/mol. The summed E-state index contributed by atoms with van der Waals surface area (Å²) in [6.45, 7) is 0. The first kappa shape index (κ1) is 17.6. The van der Waals surface area contributed by atoms with E-state index in [1.165, 1.54) is 0 Å². The van der Waals surface area contributed by atoms with Crippen LogP contribution in [0.15, 0.2) is 48.5 Å². The van der Waals surface area contributed by atoms with Crippen molar-refractivity contribution in [3.8, 4) is 11.5 Å². The summed E-state index contributed by atoms with van der Waals surface area (Å²) in [5.74, 6) is -0.417. The maximum absolute atomic E-state index is 12.4. The Kier molecular flexibility index (Phi) is 4.72. The lowest BCUT2D eigenvalue weighted by Crippen LogP contribution is -2.14. The summed E-state index contributed by atoms with van der Waals surface area (Å²) in [7, 11) is 0. The first-order chi connectivity index (χ1) is 11.1. The van der Waals surface area contributed by atoms with Crippen LogP contribution in [-0.4, -0.2) is 6.16 Å². The summed E-state index contributed by atoms with van der Waals surface area (Å²) in [6, 6.07) is 6.49. The fourth-order valence-corrected chi connectivity index (χ4v) is 1.64. The first-order valence-electron chi connectivity index (χ1n) is 6.30. The highest BCUT2D eigenvalue weighted by Gasteiger charge is 2.31. The number of carbonyl (C=O) groups is 1. The van der Waals surface area contributed by atoms with Crippen LogP contribution in [0.1, 0.15) is 11.1 Å². The Bertz CT molecular complexity index is 640. The maximum Gasteiger partial charge on any atom is 0.519 e. The van der Waals surface area contributed by atoms with Gasteiger partial charge in [-0.05, 0) is 48.5 Å². The second-order valence-electron chi connectivity index (χ2n) is 4.50. The predicted octanol–water partition coefficient (Wildman–Crippen LogP) is 5.30. The molecular weight excluding hydrogens is 342 g/mol. The predicted molar refractivity (Wildman–Crippen MR) is 69.5 cm³/mol. The van der Waals surface area contributed by atoms with Gasteiger partial charge in [0.25, 0.3) is 0 Å². The van der Waals surface area contributed by atoms with E-state index in [1.54, 1.807) is 0 Å². The van der Waals surface area contributed by atoms with Crippen molar-refractivity contribution >= 4 is 6.16 Å². The molecule has 0 aliphatic carbocycles. The molecule has 0 aliphatic rings. The monoisotopic (exact) mass is 350 g/mol. The molecule has 9 heteroatoms. The Morgan fingerprint density at radius 1 is 0.625 bits per heavy atom. The first-order valence-corrected chi connectivity index (χ1v) is 6.30. The topological polar surface area (TPSA) is 35.5 Å². The lowest BCUT2D eigenvalue weighted by molar-refractivity contribution is -0.138. The van der Waals surface area contributed by atoms with E-state index in [1.807, 2.05) is 0 Å². The molecule has 0 aliphatic heterocycles. The van der Waals surface area contributed by atoms with Crippen molar-refractivity contribution < 1.29 is 40.6 Å². The van der Waals surface area contributed by atoms with E-state index in [-0.39, 0.29) is 11.5 Å². The number of halogens is 6. The molecule has 0 unspecified atom stereocenters. The number of hydrogen-bond acceptors (Lipinski definition) is 3. The van der Waals surface area contributed by atoms with Gasteiger partial charge in [-0.3, -0.25) is 0 Å². The summed E-state index contributed by atoms with van der Waals surface area (Å²) in [6.07, 6.45) is -10.4. The third-order valence-electron chi connectivity index (χ3n) is 2.77. The lowest BCUT2D eigenvalue weighted by atomic mass is 10.2. The van der Waals surface area contributed by atoms with Gasteiger partial charge in [0.05, 0.1) is 11.1 Å². The van der Waals surface area contributed by atoms with Gasteiger partial charge < -0.3 is 9.47 Å². The van der Waals surface area contributed by atoms with Gasteiger partial charge in [0.1, 0.15) is 11.5 Å². The summed E-state index contributed by atoms with van der Waals surface area (Å²) >= 11 is 0. The molecule has 0 bridgehead atoms. The number of alkyl halides is 6. The second kappa shape index (κ2) is 6.42. The van der Waals surface area contributed by atoms with E-state index in [4.69, 9.17) is 0 Å². The molecule has 0 amide bonds. The van der Waals surface area contributed by atoms with Gasteiger partial charge in [-0.25, -0.2) is 4.79 Å². The third-order valence-corrected chi connectivity index (χ3v) is 2.77. The molecule has 0 fully saturated rings. The zero-order valence-corrected chi connectivity index (χ0v) is 11.6. The zero-order valence-electron chi connectivity index (χ0n) is 11.6. The fourth-order valence-electron chi connectivity index (χ4n) is 1.64. The highest BCUT2D eigenvalue weighted by atomic mass is 19.4. The summed E-state index contributed by atoms with van der Waals surface area (Å²) in [4.78, 5) is 11.5. The van der Waals surface area contributed by atoms with Gasteiger partial charge in [-0.1, -0.05) is 0 Å². The van der Waals surface area contributed by atoms with E-state index >= 15 is 0 Å². The summed E-state index contributed by atoms with van der Waals surface area (Å²) in [5, 5.41) is 0. The Morgan fingerprint density at radius 2 is 0.917 bits per heavy atom. The Labute approximate surface area is 131 Å². The molecule has 3 nitrogen and oxygen atoms in total. The van der Waals surface area contributed by atoms with Crippen LogP contribution in [0.3, 0.4) is 0 Å². The second-order valence-corrected chi connectivity index (χ2v) is 4.50. The van der Waals surface area contributed by atoms with Crippen molar-refractivity contribution in [2.24, 2.45) is 0 Å². The number of ether oxygens (including phenoxy) is 2. The fraction of sp³-hybridized carbons (Fsp3) is 0.133. The summed E-state index contributed by atoms with van der Waals surface area (Å²) in [5.41, 5.74) is -1.85. The number of hydrogen-bond donors (Lipinski definition) is 0. The normalized spacial score (nSPS) is 11.9. The molecule has 0 aromatic heterocycles. The van der Waals surface area contributed by atoms with Crippen LogP contribution < -0.4 is 9.47 Å². The van der Waals surface area contributed by atoms with Crippen molar-refractivity contribution in [3.05, 3.63) is 59.7 Å². The molecule has 24 heavy (non-hydrogen) atoms. The van der Waals surface area contributed by atoms with E-state index in [0.717, 1.165) is 24.3 Å². The quantitative estimate of drug-likeness (QED) is 0.419. The Balaban J connectivity index is 1.98. The molecular formula is C15H8F6O3. The summed E-state index contributed by atoms with van der Waals surface area (Å²) < 4.78 is 83.5. The van der Waals surface area contributed by atoms with Crippen molar-refractivity contribution in [1.29, 1.82) is 0 Å². The van der Waals surface area contributed by atoms with E-state index < -0.39 is 29.6 Å². The smallest absolute Gasteiger partial charge is 0.395 e. The highest BCUT2D eigenvalue weighted by molar-refractivity contribution is 5.67. The van der Waals surface area contributed by atoms with Gasteiger partial charge in [-0.15, -0.1) is 0 Å². The van der Waals surface area contributed by atoms with Crippen LogP contribution >= 0.6 is 0 Å². The Morgan fingerprint density at radius 3 is 1.17 bits per heavy atom. The molecule has 128 valence electrons. The van der Waals surface area contributed by atoms with Gasteiger partial charge in [-0.2, -0.15) is 26.3 Å². The molecule has 0 spiro atoms. The largest absolute Gasteiger partial charge is 0.519 e. The SMILES string of the molecule is O=C(Oc1ccc(C(F)(F)F)cc1)Oc1ccc(C(F)(F)F)cc1. The van der Waals surface area contributed by atoms with Crippen molar-refractivity contribution in [1.82, 2.24) is 0 Å². The minimum Gasteiger partial charge on any atom is -0.395 e. The van der Waals surface area contributed by atoms with Crippen LogP contribution in [-0.2, 0) is 12.4 Å². The molecule has 0 saturated carbocycles. The molecule has 0 N–H and O–H groups in total. The average Bonchev–Trinajstić information content (AvgIpc) is 2.46. The van der Waals surface area contributed by atoms with Gasteiger partial charge in [0.2, 0.25) is 0 Å². The van der Waals surface area contributed by atoms with Crippen molar-refractivity contribution in [2.45, 2.75) is 12.4 Å². The van der Waals surface area contributed by atoms with E-state index in [0.29, 0.717) is 24.3 Å². The van der Waals surface area contributed by atoms with Crippen LogP contribution in [0.5, 0.6) is 11.5 Å². The standard InChI is InChI=1S/C15H8F6O3/c16-14(17,18)9-1-5-11(6-2-9)23-13(22)24-12-7-3-10(4-8-12)15(19,20)21/h1-8H. The molecule has 0 radical (unpaired) electrons. The van der Waals surface area contributed by atoms with Crippen molar-refractivity contribution in [3.63, 3.8) is 0 Å². The molecule has 2 aromatic carbocycles. The minimum atomic E-state index is -4.53. The van der Waals surface area contributed by atoms with E-state index in [9.17, 15) is 31.1 Å². The lowest BCUT2D eigenvalue weighted by Gasteiger charge is -2.09. The van der Waals surface area contributed by atoms with Gasteiger partial charge >= 0.3 is 18.5 Å². The van der Waals surface area contributed by atoms with Crippen LogP contribution in [0.25, 0.3) is 0 Å². The molecule has 0 atom stereocenters. The van der Waals surface area contributed by atoms with Crippen LogP contribution in [0.2, 0.25) is 0 Å². The Hall–Kier alpha value is -2.71. The third kappa shape index (κ3) is 4.64. The number of carbonyl (C=O) groups excluding carboxylic acids is 1. The zero-order chi connectivity index (χ0) is 18.0. The van der Waals surface area contributed by atoms with Gasteiger partial charge in [0, 0.05) is 0 Å². The van der Waals surface area contributed by atoms with E-state index in [2.05, 4.69) is 9.47 Å². The van der Waals surface area contributed by atoms with Gasteiger partial charge in [0.15, 0.2) is 0 Å². The van der Waals surface area contributed by atoms with Crippen LogP contribution in [0.4, 0.5) is 31.1 Å². The number of benzene rings is 2.